The van der Waals surface area contributed by atoms with E-state index in [9.17, 15) is 14.7 Å². The van der Waals surface area contributed by atoms with Gasteiger partial charge in [-0.3, -0.25) is 9.59 Å². The Morgan fingerprint density at radius 2 is 2.04 bits per heavy atom. The van der Waals surface area contributed by atoms with Crippen molar-refractivity contribution in [1.29, 1.82) is 0 Å². The van der Waals surface area contributed by atoms with E-state index in [1.165, 1.54) is 12.5 Å². The van der Waals surface area contributed by atoms with Crippen LogP contribution in [-0.2, 0) is 13.5 Å². The van der Waals surface area contributed by atoms with Crippen molar-refractivity contribution in [3.63, 3.8) is 0 Å². The molecule has 1 aliphatic rings. The molecule has 0 fully saturated rings. The highest BCUT2D eigenvalue weighted by Gasteiger charge is 2.31. The zero-order chi connectivity index (χ0) is 16.6. The summed E-state index contributed by atoms with van der Waals surface area (Å²) < 4.78 is 1.67. The fraction of sp³-hybridized carbons (Fsp3) is 0.333. The number of fused-ring (bicyclic) bond motifs is 1. The number of aryl methyl sites for hydroxylation is 1. The largest absolute Gasteiger partial charge is 0.394 e. The van der Waals surface area contributed by atoms with Gasteiger partial charge in [0.25, 0.3) is 5.91 Å². The van der Waals surface area contributed by atoms with Crippen LogP contribution < -0.4 is 0 Å². The first-order chi connectivity index (χ1) is 11.0. The molecule has 0 saturated carbocycles. The van der Waals surface area contributed by atoms with Crippen molar-refractivity contribution in [1.82, 2.24) is 9.47 Å². The van der Waals surface area contributed by atoms with Gasteiger partial charge in [-0.25, -0.2) is 0 Å². The Balaban J connectivity index is 1.95. The molecule has 0 spiro atoms. The highest BCUT2D eigenvalue weighted by Crippen LogP contribution is 2.30. The van der Waals surface area contributed by atoms with E-state index in [2.05, 4.69) is 0 Å². The first kappa shape index (κ1) is 15.5. The third-order valence-corrected chi connectivity index (χ3v) is 4.48. The van der Waals surface area contributed by atoms with E-state index in [1.54, 1.807) is 28.8 Å². The molecule has 1 aromatic carbocycles. The van der Waals surface area contributed by atoms with Crippen LogP contribution in [0, 0.1) is 0 Å². The number of ketones is 1. The minimum absolute atomic E-state index is 0.0673. The van der Waals surface area contributed by atoms with Crippen LogP contribution in [0.1, 0.15) is 44.9 Å². The molecule has 5 nitrogen and oxygen atoms in total. The summed E-state index contributed by atoms with van der Waals surface area (Å²) in [7, 11) is 1.76. The van der Waals surface area contributed by atoms with Crippen LogP contribution in [-0.4, -0.2) is 39.4 Å². The Kier molecular flexibility index (Phi) is 4.05. The average molecular weight is 312 g/mol. The molecule has 1 aromatic heterocycles. The molecule has 23 heavy (non-hydrogen) atoms. The number of hydrogen-bond acceptors (Lipinski definition) is 3. The number of aromatic nitrogens is 1. The number of aliphatic hydroxyl groups is 1. The highest BCUT2D eigenvalue weighted by atomic mass is 16.3. The van der Waals surface area contributed by atoms with E-state index in [0.29, 0.717) is 17.8 Å². The molecule has 1 atom stereocenters. The van der Waals surface area contributed by atoms with Gasteiger partial charge >= 0.3 is 0 Å². The summed E-state index contributed by atoms with van der Waals surface area (Å²) in [5.41, 5.74) is 3.16. The molecule has 0 bridgehead atoms. The molecule has 0 saturated heterocycles. The van der Waals surface area contributed by atoms with E-state index in [-0.39, 0.29) is 24.3 Å². The molecule has 2 aromatic rings. The van der Waals surface area contributed by atoms with Gasteiger partial charge in [-0.05, 0) is 30.5 Å². The Labute approximate surface area is 135 Å². The van der Waals surface area contributed by atoms with Gasteiger partial charge in [0.1, 0.15) is 5.69 Å². The number of nitrogens with zero attached hydrogens (tertiary/aromatic N) is 2. The van der Waals surface area contributed by atoms with Crippen LogP contribution in [0.2, 0.25) is 0 Å². The lowest BCUT2D eigenvalue weighted by atomic mass is 9.92. The maximum atomic E-state index is 12.9. The third-order valence-electron chi connectivity index (χ3n) is 4.48. The van der Waals surface area contributed by atoms with Gasteiger partial charge in [0.15, 0.2) is 5.78 Å². The second-order valence-electron chi connectivity index (χ2n) is 5.93. The number of carbonyl (C=O) groups excluding carboxylic acids is 2. The van der Waals surface area contributed by atoms with Crippen LogP contribution >= 0.6 is 0 Å². The molecule has 0 unspecified atom stereocenters. The summed E-state index contributed by atoms with van der Waals surface area (Å²) in [6.45, 7) is 1.92. The predicted molar refractivity (Wildman–Crippen MR) is 86.4 cm³/mol. The Morgan fingerprint density at radius 3 is 2.70 bits per heavy atom. The molecular formula is C18H20N2O3. The molecule has 120 valence electrons. The molecule has 2 heterocycles. The Morgan fingerprint density at radius 1 is 1.30 bits per heavy atom. The minimum Gasteiger partial charge on any atom is -0.394 e. The first-order valence-corrected chi connectivity index (χ1v) is 7.70. The Bertz CT molecular complexity index is 763. The van der Waals surface area contributed by atoms with Gasteiger partial charge in [0, 0.05) is 25.4 Å². The van der Waals surface area contributed by atoms with Crippen LogP contribution in [0.5, 0.6) is 0 Å². The molecule has 1 amide bonds. The van der Waals surface area contributed by atoms with E-state index >= 15 is 0 Å². The zero-order valence-corrected chi connectivity index (χ0v) is 13.3. The fourth-order valence-electron chi connectivity index (χ4n) is 3.21. The molecule has 1 N–H and O–H groups in total. The van der Waals surface area contributed by atoms with Crippen molar-refractivity contribution < 1.29 is 14.7 Å². The lowest BCUT2D eigenvalue weighted by Gasteiger charge is -2.36. The normalized spacial score (nSPS) is 17.0. The highest BCUT2D eigenvalue weighted by molar-refractivity contribution is 5.99. The average Bonchev–Trinajstić information content (AvgIpc) is 2.95. The molecular weight excluding hydrogens is 292 g/mol. The van der Waals surface area contributed by atoms with Gasteiger partial charge in [-0.1, -0.05) is 24.3 Å². The summed E-state index contributed by atoms with van der Waals surface area (Å²) in [5, 5.41) is 9.81. The van der Waals surface area contributed by atoms with Crippen molar-refractivity contribution in [3.05, 3.63) is 58.9 Å². The lowest BCUT2D eigenvalue weighted by molar-refractivity contribution is 0.0559. The number of rotatable bonds is 3. The number of carbonyl (C=O) groups is 2. The third kappa shape index (κ3) is 2.68. The summed E-state index contributed by atoms with van der Waals surface area (Å²) >= 11 is 0. The number of amides is 1. The molecule has 1 aliphatic heterocycles. The van der Waals surface area contributed by atoms with Crippen molar-refractivity contribution in [2.45, 2.75) is 19.4 Å². The maximum Gasteiger partial charge on any atom is 0.271 e. The molecule has 3 rings (SSSR count). The minimum atomic E-state index is -0.344. The van der Waals surface area contributed by atoms with Gasteiger partial charge in [0.05, 0.1) is 12.6 Å². The van der Waals surface area contributed by atoms with Gasteiger partial charge in [-0.15, -0.1) is 0 Å². The fourth-order valence-corrected chi connectivity index (χ4v) is 3.21. The van der Waals surface area contributed by atoms with Crippen molar-refractivity contribution >= 4 is 11.7 Å². The van der Waals surface area contributed by atoms with Crippen molar-refractivity contribution in [3.8, 4) is 0 Å². The molecule has 0 radical (unpaired) electrons. The topological polar surface area (TPSA) is 62.5 Å². The van der Waals surface area contributed by atoms with Crippen LogP contribution in [0.4, 0.5) is 0 Å². The summed E-state index contributed by atoms with van der Waals surface area (Å²) in [6.07, 6.45) is 2.43. The number of hydrogen-bond donors (Lipinski definition) is 1. The van der Waals surface area contributed by atoms with Gasteiger partial charge < -0.3 is 14.6 Å². The summed E-state index contributed by atoms with van der Waals surface area (Å²) in [4.78, 5) is 26.1. The quantitative estimate of drug-likeness (QED) is 0.881. The van der Waals surface area contributed by atoms with Gasteiger partial charge in [-0.2, -0.15) is 0 Å². The maximum absolute atomic E-state index is 12.9. The second-order valence-corrected chi connectivity index (χ2v) is 5.93. The summed E-state index contributed by atoms with van der Waals surface area (Å²) in [6, 6.07) is 9.17. The van der Waals surface area contributed by atoms with E-state index < -0.39 is 0 Å². The SMILES string of the molecule is CC(=O)c1cc(C(=O)N2CCc3ccccc3[C@@H]2CO)n(C)c1. The standard InChI is InChI=1S/C18H20N2O3/c1-12(22)14-9-16(19(2)10-14)18(23)20-8-7-13-5-3-4-6-15(13)17(20)11-21/h3-6,9-10,17,21H,7-8,11H2,1-2H3/t17-/m0/s1. The van der Waals surface area contributed by atoms with Crippen LogP contribution in [0.3, 0.4) is 0 Å². The smallest absolute Gasteiger partial charge is 0.271 e. The number of Topliss-reactive ketones (excluding diaryl/α,β-unsaturated/α-hetero) is 1. The zero-order valence-electron chi connectivity index (χ0n) is 13.3. The first-order valence-electron chi connectivity index (χ1n) is 7.70. The van der Waals surface area contributed by atoms with Crippen molar-refractivity contribution in [2.75, 3.05) is 13.2 Å². The van der Waals surface area contributed by atoms with E-state index in [1.807, 2.05) is 24.3 Å². The summed E-state index contributed by atoms with van der Waals surface area (Å²) in [5.74, 6) is -0.226. The number of aliphatic hydroxyl groups excluding tert-OH is 1. The second kappa shape index (κ2) is 6.01. The Hall–Kier alpha value is -2.40. The van der Waals surface area contributed by atoms with E-state index in [4.69, 9.17) is 0 Å². The lowest BCUT2D eigenvalue weighted by Crippen LogP contribution is -2.42. The number of benzene rings is 1. The molecule has 5 heteroatoms. The van der Waals surface area contributed by atoms with Gasteiger partial charge in [0.2, 0.25) is 0 Å². The van der Waals surface area contributed by atoms with Crippen LogP contribution in [0.15, 0.2) is 36.5 Å². The van der Waals surface area contributed by atoms with Crippen LogP contribution in [0.25, 0.3) is 0 Å². The van der Waals surface area contributed by atoms with E-state index in [0.717, 1.165) is 12.0 Å². The predicted octanol–water partition coefficient (Wildman–Crippen LogP) is 1.96. The van der Waals surface area contributed by atoms with Crippen molar-refractivity contribution in [2.24, 2.45) is 7.05 Å². The monoisotopic (exact) mass is 312 g/mol. The molecule has 0 aliphatic carbocycles.